The molecule has 1 aliphatic heterocycles. The van der Waals surface area contributed by atoms with E-state index >= 15 is 0 Å². The Bertz CT molecular complexity index is 452. The Labute approximate surface area is 117 Å². The third kappa shape index (κ3) is 5.57. The highest BCUT2D eigenvalue weighted by molar-refractivity contribution is 6.29. The fourth-order valence-electron chi connectivity index (χ4n) is 1.38. The number of carbonyl (C=O) groups is 1. The van der Waals surface area contributed by atoms with E-state index < -0.39 is 12.1 Å². The van der Waals surface area contributed by atoms with E-state index in [1.165, 1.54) is 0 Å². The van der Waals surface area contributed by atoms with Crippen molar-refractivity contribution in [3.8, 4) is 0 Å². The lowest BCUT2D eigenvalue weighted by Crippen LogP contribution is -2.43. The monoisotopic (exact) mass is 312 g/mol. The normalized spacial score (nSPS) is 15.3. The first-order valence-corrected chi connectivity index (χ1v) is 5.92. The van der Waals surface area contributed by atoms with E-state index in [0.29, 0.717) is 5.15 Å². The molecule has 2 N–H and O–H groups in total. The van der Waals surface area contributed by atoms with E-state index in [0.717, 1.165) is 32.0 Å². The molecule has 0 aromatic carbocycles. The van der Waals surface area contributed by atoms with Crippen molar-refractivity contribution < 1.29 is 23.1 Å². The Morgan fingerprint density at radius 3 is 2.35 bits per heavy atom. The van der Waals surface area contributed by atoms with Crippen molar-refractivity contribution in [3.63, 3.8) is 0 Å². The first-order valence-electron chi connectivity index (χ1n) is 5.54. The molecule has 0 spiro atoms. The van der Waals surface area contributed by atoms with E-state index in [-0.39, 0.29) is 0 Å². The van der Waals surface area contributed by atoms with Crippen molar-refractivity contribution in [3.05, 3.63) is 17.5 Å². The van der Waals surface area contributed by atoms with Crippen LogP contribution in [0.4, 0.5) is 19.0 Å². The second-order valence-corrected chi connectivity index (χ2v) is 4.13. The molecule has 0 unspecified atom stereocenters. The van der Waals surface area contributed by atoms with Crippen molar-refractivity contribution in [1.82, 2.24) is 15.3 Å². The number of carboxylic acids is 1. The lowest BCUT2D eigenvalue weighted by Gasteiger charge is -2.27. The molecule has 6 nitrogen and oxygen atoms in total. The number of rotatable bonds is 1. The van der Waals surface area contributed by atoms with Gasteiger partial charge in [-0.3, -0.25) is 4.98 Å². The van der Waals surface area contributed by atoms with Gasteiger partial charge in [0.1, 0.15) is 11.0 Å². The van der Waals surface area contributed by atoms with Crippen LogP contribution in [0.2, 0.25) is 5.15 Å². The summed E-state index contributed by atoms with van der Waals surface area (Å²) < 4.78 is 31.7. The maximum absolute atomic E-state index is 10.6. The van der Waals surface area contributed by atoms with E-state index in [1.54, 1.807) is 12.4 Å². The minimum atomic E-state index is -5.08. The van der Waals surface area contributed by atoms with E-state index in [1.807, 2.05) is 0 Å². The Hall–Kier alpha value is -1.61. The van der Waals surface area contributed by atoms with Crippen molar-refractivity contribution in [2.24, 2.45) is 0 Å². The molecule has 1 saturated heterocycles. The van der Waals surface area contributed by atoms with Gasteiger partial charge in [0.25, 0.3) is 0 Å². The van der Waals surface area contributed by atoms with Gasteiger partial charge in [0.15, 0.2) is 0 Å². The van der Waals surface area contributed by atoms with Gasteiger partial charge in [-0.2, -0.15) is 13.2 Å². The molecular weight excluding hydrogens is 301 g/mol. The van der Waals surface area contributed by atoms with Crippen LogP contribution in [0.5, 0.6) is 0 Å². The Kier molecular flexibility index (Phi) is 5.96. The van der Waals surface area contributed by atoms with Gasteiger partial charge in [-0.15, -0.1) is 0 Å². The average molecular weight is 313 g/mol. The molecule has 0 amide bonds. The van der Waals surface area contributed by atoms with E-state index in [2.05, 4.69) is 20.2 Å². The second kappa shape index (κ2) is 7.25. The number of carboxylic acid groups (broad SMARTS) is 1. The van der Waals surface area contributed by atoms with Crippen molar-refractivity contribution >= 4 is 23.4 Å². The van der Waals surface area contributed by atoms with Gasteiger partial charge in [0, 0.05) is 26.2 Å². The lowest BCUT2D eigenvalue weighted by atomic mass is 10.4. The van der Waals surface area contributed by atoms with Crippen molar-refractivity contribution in [1.29, 1.82) is 0 Å². The molecule has 2 heterocycles. The van der Waals surface area contributed by atoms with Crippen molar-refractivity contribution in [2.75, 3.05) is 31.1 Å². The number of hydrogen-bond donors (Lipinski definition) is 2. The lowest BCUT2D eigenvalue weighted by molar-refractivity contribution is -0.192. The van der Waals surface area contributed by atoms with Crippen LogP contribution in [0.15, 0.2) is 12.4 Å². The van der Waals surface area contributed by atoms with E-state index in [9.17, 15) is 13.2 Å². The highest BCUT2D eigenvalue weighted by atomic mass is 35.5. The summed E-state index contributed by atoms with van der Waals surface area (Å²) in [5.41, 5.74) is 0. The predicted octanol–water partition coefficient (Wildman–Crippen LogP) is 1.17. The molecule has 2 rings (SSSR count). The van der Waals surface area contributed by atoms with Gasteiger partial charge in [-0.05, 0) is 0 Å². The summed E-state index contributed by atoms with van der Waals surface area (Å²) in [4.78, 5) is 19.3. The fourth-order valence-corrected chi connectivity index (χ4v) is 1.52. The maximum Gasteiger partial charge on any atom is 0.490 e. The molecule has 0 saturated carbocycles. The number of hydrogen-bond acceptors (Lipinski definition) is 5. The first kappa shape index (κ1) is 16.4. The zero-order chi connectivity index (χ0) is 15.2. The Morgan fingerprint density at radius 2 is 1.90 bits per heavy atom. The van der Waals surface area contributed by atoms with Gasteiger partial charge in [-0.25, -0.2) is 9.78 Å². The van der Waals surface area contributed by atoms with E-state index in [4.69, 9.17) is 21.5 Å². The summed E-state index contributed by atoms with van der Waals surface area (Å²) in [5.74, 6) is -1.89. The molecule has 112 valence electrons. The number of halogens is 4. The summed E-state index contributed by atoms with van der Waals surface area (Å²) >= 11 is 5.75. The predicted molar refractivity (Wildman–Crippen MR) is 65.8 cm³/mol. The standard InChI is InChI=1S/C8H11ClN4.C2HF3O2/c9-7-5-11-6-8(12-7)13-3-1-10-2-4-13;3-2(4,5)1(6)7/h5-6,10H,1-4H2;(H,6,7). The molecule has 1 aromatic heterocycles. The smallest absolute Gasteiger partial charge is 0.475 e. The van der Waals surface area contributed by atoms with Crippen LogP contribution < -0.4 is 10.2 Å². The van der Waals surface area contributed by atoms with Gasteiger partial charge < -0.3 is 15.3 Å². The summed E-state index contributed by atoms with van der Waals surface area (Å²) in [7, 11) is 0. The quantitative estimate of drug-likeness (QED) is 0.810. The summed E-state index contributed by atoms with van der Waals surface area (Å²) in [6.07, 6.45) is -1.79. The molecular formula is C10H12ClF3N4O2. The van der Waals surface area contributed by atoms with Gasteiger partial charge >= 0.3 is 12.1 Å². The number of aliphatic carboxylic acids is 1. The third-order valence-corrected chi connectivity index (χ3v) is 2.46. The third-order valence-electron chi connectivity index (χ3n) is 2.28. The van der Waals surface area contributed by atoms with Gasteiger partial charge in [-0.1, -0.05) is 11.6 Å². The molecule has 0 bridgehead atoms. The molecule has 0 radical (unpaired) electrons. The van der Waals surface area contributed by atoms with Crippen molar-refractivity contribution in [2.45, 2.75) is 6.18 Å². The minimum absolute atomic E-state index is 0.455. The topological polar surface area (TPSA) is 78.4 Å². The Morgan fingerprint density at radius 1 is 1.35 bits per heavy atom. The number of aromatic nitrogens is 2. The summed E-state index contributed by atoms with van der Waals surface area (Å²) in [6, 6.07) is 0. The SMILES string of the molecule is Clc1cncc(N2CCNCC2)n1.O=C(O)C(F)(F)F. The van der Waals surface area contributed by atoms with Crippen LogP contribution in [0.1, 0.15) is 0 Å². The average Bonchev–Trinajstić information content (AvgIpc) is 2.39. The number of nitrogens with one attached hydrogen (secondary N) is 1. The van der Waals surface area contributed by atoms with Crippen LogP contribution in [-0.2, 0) is 4.79 Å². The number of anilines is 1. The van der Waals surface area contributed by atoms with Gasteiger partial charge in [0.2, 0.25) is 0 Å². The molecule has 0 aliphatic carbocycles. The molecule has 1 fully saturated rings. The summed E-state index contributed by atoms with van der Waals surface area (Å²) in [6.45, 7) is 3.92. The highest BCUT2D eigenvalue weighted by Crippen LogP contribution is 2.13. The first-order chi connectivity index (χ1) is 9.30. The Balaban J connectivity index is 0.000000246. The van der Waals surface area contributed by atoms with Gasteiger partial charge in [0.05, 0.1) is 12.4 Å². The fraction of sp³-hybridized carbons (Fsp3) is 0.500. The molecule has 1 aliphatic rings. The van der Waals surface area contributed by atoms with Crippen LogP contribution in [0, 0.1) is 0 Å². The zero-order valence-corrected chi connectivity index (χ0v) is 10.9. The van der Waals surface area contributed by atoms with Crippen LogP contribution in [-0.4, -0.2) is 53.4 Å². The maximum atomic E-state index is 10.6. The van der Waals surface area contributed by atoms with Crippen LogP contribution >= 0.6 is 11.6 Å². The largest absolute Gasteiger partial charge is 0.490 e. The number of piperazine rings is 1. The van der Waals surface area contributed by atoms with Crippen LogP contribution in [0.25, 0.3) is 0 Å². The minimum Gasteiger partial charge on any atom is -0.475 e. The highest BCUT2D eigenvalue weighted by Gasteiger charge is 2.38. The second-order valence-electron chi connectivity index (χ2n) is 3.74. The summed E-state index contributed by atoms with van der Waals surface area (Å²) in [5, 5.41) is 10.9. The van der Waals surface area contributed by atoms with Crippen LogP contribution in [0.3, 0.4) is 0 Å². The number of alkyl halides is 3. The molecule has 0 atom stereocenters. The molecule has 10 heteroatoms. The zero-order valence-electron chi connectivity index (χ0n) is 10.2. The molecule has 20 heavy (non-hydrogen) atoms. The molecule has 1 aromatic rings. The number of nitrogens with zero attached hydrogens (tertiary/aromatic N) is 3.